The average Bonchev–Trinajstić information content (AvgIpc) is 3.14. The highest BCUT2D eigenvalue weighted by Crippen LogP contribution is 2.32. The van der Waals surface area contributed by atoms with E-state index in [1.54, 1.807) is 20.8 Å². The summed E-state index contributed by atoms with van der Waals surface area (Å²) in [6, 6.07) is 3.84. The van der Waals surface area contributed by atoms with Gasteiger partial charge in [0.1, 0.15) is 11.5 Å². The van der Waals surface area contributed by atoms with Gasteiger partial charge in [0.25, 0.3) is 5.91 Å². The number of nitrogens with one attached hydrogen (secondary N) is 1. The molecule has 8 heteroatoms. The highest BCUT2D eigenvalue weighted by atomic mass is 32.1. The van der Waals surface area contributed by atoms with Crippen molar-refractivity contribution in [3.8, 4) is 0 Å². The van der Waals surface area contributed by atoms with Crippen LogP contribution in [0.4, 0.5) is 5.00 Å². The highest BCUT2D eigenvalue weighted by Gasteiger charge is 2.23. The number of aryl methyl sites for hydroxylation is 1. The predicted octanol–water partition coefficient (Wildman–Crippen LogP) is 3.15. The third-order valence-corrected chi connectivity index (χ3v) is 5.94. The molecule has 26 heavy (non-hydrogen) atoms. The number of amides is 3. The van der Waals surface area contributed by atoms with Crippen molar-refractivity contribution >= 4 is 45.4 Å². The van der Waals surface area contributed by atoms with Crippen molar-refractivity contribution in [3.63, 3.8) is 0 Å². The second kappa shape index (κ2) is 8.46. The smallest absolute Gasteiger partial charge is 0.251 e. The first-order valence-corrected chi connectivity index (χ1v) is 9.91. The van der Waals surface area contributed by atoms with Crippen LogP contribution in [0.5, 0.6) is 0 Å². The van der Waals surface area contributed by atoms with Crippen LogP contribution in [0.25, 0.3) is 0 Å². The third-order valence-electron chi connectivity index (χ3n) is 3.95. The van der Waals surface area contributed by atoms with Crippen molar-refractivity contribution in [2.24, 2.45) is 11.7 Å². The van der Waals surface area contributed by atoms with Crippen LogP contribution in [0.2, 0.25) is 0 Å². The van der Waals surface area contributed by atoms with Crippen molar-refractivity contribution in [3.05, 3.63) is 38.4 Å². The molecule has 0 aliphatic rings. The molecule has 0 atom stereocenters. The Balaban J connectivity index is 2.16. The molecule has 0 aliphatic heterocycles. The number of nitrogens with zero attached hydrogens (tertiary/aromatic N) is 1. The van der Waals surface area contributed by atoms with Crippen LogP contribution in [0.1, 0.15) is 39.5 Å². The van der Waals surface area contributed by atoms with Crippen molar-refractivity contribution < 1.29 is 14.4 Å². The molecular weight excluding hydrogens is 370 g/mol. The number of rotatable bonds is 7. The second-order valence-corrected chi connectivity index (χ2v) is 8.59. The molecule has 2 rings (SSSR count). The van der Waals surface area contributed by atoms with Crippen LogP contribution in [0.15, 0.2) is 17.5 Å². The SMILES string of the molecule is Cc1sc(NC(=O)CN(Cc2cccs2)C(=O)C(C)C)c(C(N)=O)c1C. The summed E-state index contributed by atoms with van der Waals surface area (Å²) < 4.78 is 0. The molecule has 2 aromatic heterocycles. The Morgan fingerprint density at radius 1 is 1.27 bits per heavy atom. The Morgan fingerprint density at radius 3 is 2.50 bits per heavy atom. The molecular formula is C18H23N3O3S2. The molecule has 2 aromatic rings. The summed E-state index contributed by atoms with van der Waals surface area (Å²) in [6.07, 6.45) is 0. The molecule has 0 spiro atoms. The lowest BCUT2D eigenvalue weighted by atomic mass is 10.1. The van der Waals surface area contributed by atoms with Crippen molar-refractivity contribution in [1.29, 1.82) is 0 Å². The van der Waals surface area contributed by atoms with Gasteiger partial charge in [-0.25, -0.2) is 0 Å². The average molecular weight is 394 g/mol. The Morgan fingerprint density at radius 2 is 1.96 bits per heavy atom. The standard InChI is InChI=1S/C18H23N3O3S2/c1-10(2)18(24)21(8-13-6-5-7-25-13)9-14(22)20-17-15(16(19)23)11(3)12(4)26-17/h5-7,10H,8-9H2,1-4H3,(H2,19,23)(H,20,22). The minimum Gasteiger partial charge on any atom is -0.365 e. The highest BCUT2D eigenvalue weighted by molar-refractivity contribution is 7.16. The number of hydrogen-bond acceptors (Lipinski definition) is 5. The summed E-state index contributed by atoms with van der Waals surface area (Å²) in [5.41, 5.74) is 6.54. The lowest BCUT2D eigenvalue weighted by Gasteiger charge is -2.23. The van der Waals surface area contributed by atoms with E-state index >= 15 is 0 Å². The van der Waals surface area contributed by atoms with E-state index in [-0.39, 0.29) is 24.3 Å². The molecule has 3 amide bonds. The molecule has 6 nitrogen and oxygen atoms in total. The van der Waals surface area contributed by atoms with Crippen LogP contribution >= 0.6 is 22.7 Å². The molecule has 0 bridgehead atoms. The fourth-order valence-electron chi connectivity index (χ4n) is 2.52. The van der Waals surface area contributed by atoms with Crippen LogP contribution < -0.4 is 11.1 Å². The van der Waals surface area contributed by atoms with Gasteiger partial charge in [-0.1, -0.05) is 19.9 Å². The monoisotopic (exact) mass is 393 g/mol. The summed E-state index contributed by atoms with van der Waals surface area (Å²) in [6.45, 7) is 7.58. The van der Waals surface area contributed by atoms with E-state index in [4.69, 9.17) is 5.73 Å². The number of carbonyl (C=O) groups excluding carboxylic acids is 3. The first-order chi connectivity index (χ1) is 12.2. The minimum absolute atomic E-state index is 0.0802. The lowest BCUT2D eigenvalue weighted by molar-refractivity contribution is -0.138. The summed E-state index contributed by atoms with van der Waals surface area (Å²) in [4.78, 5) is 40.1. The van der Waals surface area contributed by atoms with Gasteiger partial charge in [-0.3, -0.25) is 14.4 Å². The molecule has 0 aliphatic carbocycles. The van der Waals surface area contributed by atoms with E-state index in [2.05, 4.69) is 5.32 Å². The molecule has 0 fully saturated rings. The number of primary amides is 1. The number of nitrogens with two attached hydrogens (primary N) is 1. The van der Waals surface area contributed by atoms with E-state index in [1.807, 2.05) is 24.4 Å². The number of thiophene rings is 2. The zero-order valence-electron chi connectivity index (χ0n) is 15.3. The summed E-state index contributed by atoms with van der Waals surface area (Å²) in [5, 5.41) is 5.12. The Bertz CT molecular complexity index is 810. The van der Waals surface area contributed by atoms with Gasteiger partial charge in [0.15, 0.2) is 0 Å². The quantitative estimate of drug-likeness (QED) is 0.757. The van der Waals surface area contributed by atoms with Crippen LogP contribution in [0, 0.1) is 19.8 Å². The molecule has 0 aromatic carbocycles. The zero-order chi connectivity index (χ0) is 19.4. The number of carbonyl (C=O) groups is 3. The van der Waals surface area contributed by atoms with Gasteiger partial charge >= 0.3 is 0 Å². The fraction of sp³-hybridized carbons (Fsp3) is 0.389. The van der Waals surface area contributed by atoms with E-state index in [0.717, 1.165) is 15.3 Å². The van der Waals surface area contributed by atoms with E-state index in [1.165, 1.54) is 27.6 Å². The lowest BCUT2D eigenvalue weighted by Crippen LogP contribution is -2.39. The summed E-state index contributed by atoms with van der Waals surface area (Å²) in [5.74, 6) is -1.23. The van der Waals surface area contributed by atoms with Crippen molar-refractivity contribution in [2.75, 3.05) is 11.9 Å². The first-order valence-electron chi connectivity index (χ1n) is 8.21. The largest absolute Gasteiger partial charge is 0.365 e. The summed E-state index contributed by atoms with van der Waals surface area (Å²) in [7, 11) is 0. The Kier molecular flexibility index (Phi) is 6.55. The van der Waals surface area contributed by atoms with E-state index in [0.29, 0.717) is 17.1 Å². The molecule has 0 radical (unpaired) electrons. The zero-order valence-corrected chi connectivity index (χ0v) is 16.9. The molecule has 0 unspecified atom stereocenters. The Hall–Kier alpha value is -2.19. The second-order valence-electron chi connectivity index (χ2n) is 6.33. The van der Waals surface area contributed by atoms with Gasteiger partial charge in [-0.2, -0.15) is 0 Å². The normalized spacial score (nSPS) is 10.8. The minimum atomic E-state index is -0.573. The Labute approximate surface area is 161 Å². The maximum atomic E-state index is 12.5. The van der Waals surface area contributed by atoms with Gasteiger partial charge in [-0.15, -0.1) is 22.7 Å². The molecule has 0 saturated heterocycles. The van der Waals surface area contributed by atoms with Crippen LogP contribution in [-0.4, -0.2) is 29.2 Å². The van der Waals surface area contributed by atoms with E-state index < -0.39 is 5.91 Å². The van der Waals surface area contributed by atoms with Crippen molar-refractivity contribution in [1.82, 2.24) is 4.90 Å². The predicted molar refractivity (Wildman–Crippen MR) is 106 cm³/mol. The van der Waals surface area contributed by atoms with Crippen LogP contribution in [0.3, 0.4) is 0 Å². The maximum Gasteiger partial charge on any atom is 0.251 e. The van der Waals surface area contributed by atoms with Crippen LogP contribution in [-0.2, 0) is 16.1 Å². The number of hydrogen-bond donors (Lipinski definition) is 2. The topological polar surface area (TPSA) is 92.5 Å². The number of anilines is 1. The first kappa shape index (κ1) is 20.1. The maximum absolute atomic E-state index is 12.5. The van der Waals surface area contributed by atoms with Gasteiger partial charge in [0.05, 0.1) is 12.1 Å². The van der Waals surface area contributed by atoms with Gasteiger partial charge in [0, 0.05) is 15.7 Å². The van der Waals surface area contributed by atoms with E-state index in [9.17, 15) is 14.4 Å². The summed E-state index contributed by atoms with van der Waals surface area (Å²) >= 11 is 2.85. The molecule has 3 N–H and O–H groups in total. The fourth-order valence-corrected chi connectivity index (χ4v) is 4.32. The van der Waals surface area contributed by atoms with Gasteiger partial charge in [0.2, 0.25) is 11.8 Å². The molecule has 0 saturated carbocycles. The van der Waals surface area contributed by atoms with Gasteiger partial charge < -0.3 is 16.0 Å². The van der Waals surface area contributed by atoms with Crippen molar-refractivity contribution in [2.45, 2.75) is 34.2 Å². The third kappa shape index (κ3) is 4.70. The molecule has 2 heterocycles. The molecule has 140 valence electrons. The van der Waals surface area contributed by atoms with Gasteiger partial charge in [-0.05, 0) is 30.9 Å².